The first-order chi connectivity index (χ1) is 11.4. The Morgan fingerprint density at radius 2 is 1.92 bits per heavy atom. The minimum Gasteiger partial charge on any atom is -0.385 e. The molecule has 4 aliphatic rings. The van der Waals surface area contributed by atoms with Gasteiger partial charge in [-0.15, -0.1) is 0 Å². The summed E-state index contributed by atoms with van der Waals surface area (Å²) in [6.07, 6.45) is 10.3. The Morgan fingerprint density at radius 3 is 2.67 bits per heavy atom. The summed E-state index contributed by atoms with van der Waals surface area (Å²) in [5.74, 6) is 2.46. The number of fused-ring (bicyclic) bond motifs is 5. The summed E-state index contributed by atoms with van der Waals surface area (Å²) in [6.45, 7) is 4.73. The number of hydrogen-bond acceptors (Lipinski definition) is 3. The summed E-state index contributed by atoms with van der Waals surface area (Å²) in [5, 5.41) is 10.2. The van der Waals surface area contributed by atoms with Crippen LogP contribution in [0, 0.1) is 34.5 Å². The zero-order chi connectivity index (χ0) is 17.1. The van der Waals surface area contributed by atoms with Crippen molar-refractivity contribution in [1.82, 2.24) is 0 Å². The lowest BCUT2D eigenvalue weighted by atomic mass is 9.46. The Labute approximate surface area is 144 Å². The van der Waals surface area contributed by atoms with Crippen molar-refractivity contribution in [1.29, 1.82) is 0 Å². The highest BCUT2D eigenvalue weighted by Crippen LogP contribution is 2.66. The van der Waals surface area contributed by atoms with Gasteiger partial charge < -0.3 is 9.90 Å². The maximum atomic E-state index is 11.9. The SMILES string of the molecule is CC12CC[C@H]3[C@@H](CCC4=CC(=O)CC[C@@]43C)[C@@H]1CC[C@@H]2C(O)C=O. The molecule has 4 aliphatic carbocycles. The molecule has 7 atom stereocenters. The number of allylic oxidation sites excluding steroid dienone is 1. The first-order valence-corrected chi connectivity index (χ1v) is 9.77. The van der Waals surface area contributed by atoms with Crippen LogP contribution in [0.2, 0.25) is 0 Å². The highest BCUT2D eigenvalue weighted by molar-refractivity contribution is 5.91. The van der Waals surface area contributed by atoms with E-state index in [4.69, 9.17) is 0 Å². The molecule has 0 spiro atoms. The van der Waals surface area contributed by atoms with Crippen molar-refractivity contribution in [3.05, 3.63) is 11.6 Å². The lowest BCUT2D eigenvalue weighted by Crippen LogP contribution is -2.51. The monoisotopic (exact) mass is 330 g/mol. The van der Waals surface area contributed by atoms with Crippen LogP contribution in [0.1, 0.15) is 65.2 Å². The molecule has 24 heavy (non-hydrogen) atoms. The van der Waals surface area contributed by atoms with Crippen LogP contribution in [-0.2, 0) is 9.59 Å². The average Bonchev–Trinajstić information content (AvgIpc) is 2.92. The molecule has 0 heterocycles. The van der Waals surface area contributed by atoms with E-state index in [0.29, 0.717) is 30.0 Å². The van der Waals surface area contributed by atoms with Crippen LogP contribution in [0.3, 0.4) is 0 Å². The molecule has 0 saturated heterocycles. The van der Waals surface area contributed by atoms with E-state index in [1.54, 1.807) is 0 Å². The van der Waals surface area contributed by atoms with E-state index in [1.807, 2.05) is 6.08 Å². The number of hydrogen-bond donors (Lipinski definition) is 1. The Bertz CT molecular complexity index is 594. The van der Waals surface area contributed by atoms with Crippen LogP contribution in [0.4, 0.5) is 0 Å². The number of carbonyl (C=O) groups is 2. The topological polar surface area (TPSA) is 54.4 Å². The van der Waals surface area contributed by atoms with Crippen molar-refractivity contribution >= 4 is 12.1 Å². The summed E-state index contributed by atoms with van der Waals surface area (Å²) in [4.78, 5) is 23.0. The third kappa shape index (κ3) is 2.13. The summed E-state index contributed by atoms with van der Waals surface area (Å²) in [6, 6.07) is 0. The fraction of sp³-hybridized carbons (Fsp3) is 0.810. The van der Waals surface area contributed by atoms with Crippen molar-refractivity contribution in [2.75, 3.05) is 0 Å². The summed E-state index contributed by atoms with van der Waals surface area (Å²) in [5.41, 5.74) is 1.73. The molecule has 0 radical (unpaired) electrons. The van der Waals surface area contributed by atoms with E-state index in [0.717, 1.165) is 38.4 Å². The second kappa shape index (κ2) is 5.52. The van der Waals surface area contributed by atoms with Crippen LogP contribution in [0.5, 0.6) is 0 Å². The van der Waals surface area contributed by atoms with Crippen molar-refractivity contribution in [3.8, 4) is 0 Å². The van der Waals surface area contributed by atoms with Gasteiger partial charge in [-0.2, -0.15) is 0 Å². The molecule has 132 valence electrons. The predicted molar refractivity (Wildman–Crippen MR) is 92.3 cm³/mol. The van der Waals surface area contributed by atoms with Crippen LogP contribution < -0.4 is 0 Å². The van der Waals surface area contributed by atoms with E-state index in [-0.39, 0.29) is 16.7 Å². The van der Waals surface area contributed by atoms with Gasteiger partial charge in [-0.25, -0.2) is 0 Å². The van der Waals surface area contributed by atoms with Gasteiger partial charge in [0.05, 0.1) is 0 Å². The van der Waals surface area contributed by atoms with Crippen molar-refractivity contribution in [2.45, 2.75) is 71.3 Å². The van der Waals surface area contributed by atoms with Crippen LogP contribution in [0.25, 0.3) is 0 Å². The molecule has 3 nitrogen and oxygen atoms in total. The molecule has 0 aliphatic heterocycles. The zero-order valence-corrected chi connectivity index (χ0v) is 15.0. The Balaban J connectivity index is 1.65. The number of aliphatic hydroxyl groups excluding tert-OH is 1. The Morgan fingerprint density at radius 1 is 1.12 bits per heavy atom. The molecule has 3 fully saturated rings. The molecule has 4 rings (SSSR count). The number of carbonyl (C=O) groups excluding carboxylic acids is 2. The van der Waals surface area contributed by atoms with Crippen LogP contribution in [-0.4, -0.2) is 23.3 Å². The van der Waals surface area contributed by atoms with Gasteiger partial charge in [0, 0.05) is 6.42 Å². The highest BCUT2D eigenvalue weighted by atomic mass is 16.3. The van der Waals surface area contributed by atoms with Gasteiger partial charge in [0.2, 0.25) is 0 Å². The van der Waals surface area contributed by atoms with Gasteiger partial charge in [-0.05, 0) is 85.5 Å². The minimum atomic E-state index is -0.793. The molecule has 0 aromatic heterocycles. The smallest absolute Gasteiger partial charge is 0.155 e. The maximum absolute atomic E-state index is 11.9. The number of ketones is 1. The largest absolute Gasteiger partial charge is 0.385 e. The lowest BCUT2D eigenvalue weighted by molar-refractivity contribution is -0.123. The van der Waals surface area contributed by atoms with Gasteiger partial charge in [0.25, 0.3) is 0 Å². The molecule has 0 bridgehead atoms. The molecule has 0 amide bonds. The normalized spacial score (nSPS) is 48.8. The molecule has 0 aromatic rings. The summed E-state index contributed by atoms with van der Waals surface area (Å²) in [7, 11) is 0. The van der Waals surface area contributed by atoms with Gasteiger partial charge in [-0.3, -0.25) is 4.79 Å². The second-order valence-electron chi connectivity index (χ2n) is 9.32. The van der Waals surface area contributed by atoms with Crippen LogP contribution >= 0.6 is 0 Å². The maximum Gasteiger partial charge on any atom is 0.155 e. The summed E-state index contributed by atoms with van der Waals surface area (Å²) >= 11 is 0. The molecule has 0 aromatic carbocycles. The third-order valence-corrected chi connectivity index (χ3v) is 8.59. The molecule has 2 unspecified atom stereocenters. The first kappa shape index (κ1) is 16.5. The fourth-order valence-corrected chi connectivity index (χ4v) is 7.26. The van der Waals surface area contributed by atoms with Gasteiger partial charge >= 0.3 is 0 Å². The number of aldehydes is 1. The molecule has 3 saturated carbocycles. The van der Waals surface area contributed by atoms with Crippen molar-refractivity contribution < 1.29 is 14.7 Å². The Hall–Kier alpha value is -0.960. The molecule has 1 N–H and O–H groups in total. The molecular weight excluding hydrogens is 300 g/mol. The average molecular weight is 330 g/mol. The standard InChI is InChI=1S/C21H30O3/c1-20-9-7-14(23)11-13(20)3-4-15-16-5-6-18(19(24)12-22)21(16,2)10-8-17(15)20/h11-12,15-19,24H,3-10H2,1-2H3/t15-,16-,17-,18+,19?,20-,21?/m0/s1. The molecule has 3 heteroatoms. The van der Waals surface area contributed by atoms with Crippen molar-refractivity contribution in [2.24, 2.45) is 34.5 Å². The van der Waals surface area contributed by atoms with Gasteiger partial charge in [0.1, 0.15) is 12.4 Å². The lowest BCUT2D eigenvalue weighted by Gasteiger charge is -2.58. The van der Waals surface area contributed by atoms with E-state index >= 15 is 0 Å². The second-order valence-corrected chi connectivity index (χ2v) is 9.32. The van der Waals surface area contributed by atoms with E-state index in [2.05, 4.69) is 13.8 Å². The number of aliphatic hydroxyl groups is 1. The van der Waals surface area contributed by atoms with E-state index < -0.39 is 6.10 Å². The Kier molecular flexibility index (Phi) is 3.80. The third-order valence-electron chi connectivity index (χ3n) is 8.59. The highest BCUT2D eigenvalue weighted by Gasteiger charge is 2.59. The van der Waals surface area contributed by atoms with E-state index in [9.17, 15) is 14.7 Å². The first-order valence-electron chi connectivity index (χ1n) is 9.77. The quantitative estimate of drug-likeness (QED) is 0.786. The molecular formula is C21H30O3. The predicted octanol–water partition coefficient (Wildman–Crippen LogP) is 3.69. The summed E-state index contributed by atoms with van der Waals surface area (Å²) < 4.78 is 0. The van der Waals surface area contributed by atoms with E-state index in [1.165, 1.54) is 18.4 Å². The zero-order valence-electron chi connectivity index (χ0n) is 15.0. The number of rotatable bonds is 2. The van der Waals surface area contributed by atoms with Crippen LogP contribution in [0.15, 0.2) is 11.6 Å². The van der Waals surface area contributed by atoms with Gasteiger partial charge in [-0.1, -0.05) is 19.4 Å². The minimum absolute atomic E-state index is 0.115. The van der Waals surface area contributed by atoms with Gasteiger partial charge in [0.15, 0.2) is 5.78 Å². The van der Waals surface area contributed by atoms with Crippen molar-refractivity contribution in [3.63, 3.8) is 0 Å². The fourth-order valence-electron chi connectivity index (χ4n) is 7.26.